The van der Waals surface area contributed by atoms with Crippen LogP contribution in [0.1, 0.15) is 5.76 Å². The Kier molecular flexibility index (Phi) is 5.44. The highest BCUT2D eigenvalue weighted by atomic mass is 32.2. The zero-order valence-electron chi connectivity index (χ0n) is 15.5. The van der Waals surface area contributed by atoms with Crippen molar-refractivity contribution < 1.29 is 13.6 Å². The van der Waals surface area contributed by atoms with Gasteiger partial charge in [-0.25, -0.2) is 4.39 Å². The maximum atomic E-state index is 13.4. The molecule has 8 heteroatoms. The van der Waals surface area contributed by atoms with Gasteiger partial charge in [0, 0.05) is 11.4 Å². The molecule has 0 unspecified atom stereocenters. The molecule has 0 spiro atoms. The van der Waals surface area contributed by atoms with Crippen molar-refractivity contribution >= 4 is 23.4 Å². The summed E-state index contributed by atoms with van der Waals surface area (Å²) in [6, 6.07) is 17.1. The quantitative estimate of drug-likeness (QED) is 0.468. The van der Waals surface area contributed by atoms with Crippen molar-refractivity contribution in [2.75, 3.05) is 11.1 Å². The third-order valence-corrected chi connectivity index (χ3v) is 5.14. The molecular formula is C21H17FN4O2S. The molecule has 0 aliphatic carbocycles. The number of benzene rings is 2. The molecule has 0 saturated heterocycles. The van der Waals surface area contributed by atoms with E-state index in [1.54, 1.807) is 29.0 Å². The molecule has 4 rings (SSSR count). The number of nitrogens with zero attached hydrogens (tertiary/aromatic N) is 3. The molecule has 0 aliphatic heterocycles. The van der Waals surface area contributed by atoms with Crippen LogP contribution in [0.3, 0.4) is 0 Å². The fourth-order valence-corrected chi connectivity index (χ4v) is 3.58. The van der Waals surface area contributed by atoms with Crippen LogP contribution in [-0.2, 0) is 4.79 Å². The second-order valence-electron chi connectivity index (χ2n) is 6.21. The van der Waals surface area contributed by atoms with Gasteiger partial charge in [-0.1, -0.05) is 30.0 Å². The number of carbonyl (C=O) groups is 1. The normalized spacial score (nSPS) is 10.8. The van der Waals surface area contributed by atoms with Crippen LogP contribution in [0.15, 0.2) is 76.5 Å². The first-order valence-corrected chi connectivity index (χ1v) is 9.84. The summed E-state index contributed by atoms with van der Waals surface area (Å²) in [4.78, 5) is 12.3. The van der Waals surface area contributed by atoms with Crippen LogP contribution in [0, 0.1) is 12.7 Å². The van der Waals surface area contributed by atoms with E-state index in [0.717, 1.165) is 11.3 Å². The molecule has 2 aromatic heterocycles. The second kappa shape index (κ2) is 8.32. The minimum atomic E-state index is -0.334. The zero-order chi connectivity index (χ0) is 20.2. The summed E-state index contributed by atoms with van der Waals surface area (Å²) in [6.07, 6.45) is 1.58. The molecule has 2 aromatic carbocycles. The van der Waals surface area contributed by atoms with Gasteiger partial charge in [-0.05, 0) is 49.4 Å². The smallest absolute Gasteiger partial charge is 0.234 e. The third-order valence-electron chi connectivity index (χ3n) is 4.21. The highest BCUT2D eigenvalue weighted by Gasteiger charge is 2.19. The van der Waals surface area contributed by atoms with Crippen molar-refractivity contribution in [1.29, 1.82) is 0 Å². The van der Waals surface area contributed by atoms with Crippen LogP contribution in [0.25, 0.3) is 17.1 Å². The molecule has 0 saturated carbocycles. The first kappa shape index (κ1) is 18.9. The number of hydrogen-bond acceptors (Lipinski definition) is 5. The second-order valence-corrected chi connectivity index (χ2v) is 7.15. The molecule has 0 bridgehead atoms. The minimum absolute atomic E-state index is 0.151. The van der Waals surface area contributed by atoms with E-state index in [0.29, 0.717) is 22.4 Å². The van der Waals surface area contributed by atoms with Gasteiger partial charge >= 0.3 is 0 Å². The summed E-state index contributed by atoms with van der Waals surface area (Å²) in [5, 5.41) is 11.9. The number of amides is 1. The average molecular weight is 408 g/mol. The molecule has 4 aromatic rings. The van der Waals surface area contributed by atoms with Gasteiger partial charge in [-0.15, -0.1) is 10.2 Å². The number of anilines is 1. The van der Waals surface area contributed by atoms with Crippen molar-refractivity contribution in [3.8, 4) is 17.1 Å². The Hall–Kier alpha value is -3.39. The number of nitrogens with one attached hydrogen (secondary N) is 1. The monoisotopic (exact) mass is 408 g/mol. The number of carbonyl (C=O) groups excluding carboxylic acids is 1. The number of thioether (sulfide) groups is 1. The summed E-state index contributed by atoms with van der Waals surface area (Å²) >= 11 is 1.25. The minimum Gasteiger partial charge on any atom is -0.469 e. The fraction of sp³-hybridized carbons (Fsp3) is 0.0952. The Morgan fingerprint density at radius 1 is 1.10 bits per heavy atom. The predicted molar refractivity (Wildman–Crippen MR) is 110 cm³/mol. The van der Waals surface area contributed by atoms with Crippen LogP contribution in [0.2, 0.25) is 0 Å². The summed E-state index contributed by atoms with van der Waals surface area (Å²) in [6.45, 7) is 1.83. The van der Waals surface area contributed by atoms with Crippen LogP contribution >= 0.6 is 11.8 Å². The molecule has 1 N–H and O–H groups in total. The number of halogens is 1. The van der Waals surface area contributed by atoms with Gasteiger partial charge in [0.15, 0.2) is 11.0 Å². The number of aromatic nitrogens is 3. The lowest BCUT2D eigenvalue weighted by atomic mass is 10.2. The van der Waals surface area contributed by atoms with Crippen LogP contribution in [-0.4, -0.2) is 26.4 Å². The number of aryl methyl sites for hydroxylation is 1. The lowest BCUT2D eigenvalue weighted by Gasteiger charge is -2.10. The Bertz CT molecular complexity index is 1120. The van der Waals surface area contributed by atoms with E-state index in [1.165, 1.54) is 23.9 Å². The Morgan fingerprint density at radius 3 is 2.55 bits per heavy atom. The standard InChI is InChI=1S/C21H17FN4O2S/c1-14-18(11-12-28-14)20-24-25-21(26(20)17-9-7-15(22)8-10-17)29-13-19(27)23-16-5-3-2-4-6-16/h2-12H,13H2,1H3,(H,23,27). The fourth-order valence-electron chi connectivity index (χ4n) is 2.83. The highest BCUT2D eigenvalue weighted by Crippen LogP contribution is 2.30. The van der Waals surface area contributed by atoms with E-state index >= 15 is 0 Å². The van der Waals surface area contributed by atoms with E-state index in [-0.39, 0.29) is 17.5 Å². The third kappa shape index (κ3) is 4.22. The van der Waals surface area contributed by atoms with Crippen molar-refractivity contribution in [2.45, 2.75) is 12.1 Å². The van der Waals surface area contributed by atoms with Gasteiger partial charge in [0.25, 0.3) is 0 Å². The van der Waals surface area contributed by atoms with Crippen molar-refractivity contribution in [3.05, 3.63) is 78.5 Å². The lowest BCUT2D eigenvalue weighted by Crippen LogP contribution is -2.14. The summed E-state index contributed by atoms with van der Waals surface area (Å²) in [5.41, 5.74) is 2.20. The van der Waals surface area contributed by atoms with Gasteiger partial charge in [-0.2, -0.15) is 0 Å². The molecular weight excluding hydrogens is 391 g/mol. The van der Waals surface area contributed by atoms with Crippen molar-refractivity contribution in [3.63, 3.8) is 0 Å². The largest absolute Gasteiger partial charge is 0.469 e. The van der Waals surface area contributed by atoms with Crippen LogP contribution < -0.4 is 5.32 Å². The maximum Gasteiger partial charge on any atom is 0.234 e. The first-order valence-electron chi connectivity index (χ1n) is 8.85. The van der Waals surface area contributed by atoms with E-state index in [4.69, 9.17) is 4.42 Å². The van der Waals surface area contributed by atoms with E-state index in [1.807, 2.05) is 37.3 Å². The highest BCUT2D eigenvalue weighted by molar-refractivity contribution is 7.99. The first-order chi connectivity index (χ1) is 14.1. The van der Waals surface area contributed by atoms with Gasteiger partial charge in [-0.3, -0.25) is 9.36 Å². The summed E-state index contributed by atoms with van der Waals surface area (Å²) < 4.78 is 20.6. The van der Waals surface area contributed by atoms with E-state index in [2.05, 4.69) is 15.5 Å². The van der Waals surface area contributed by atoms with Gasteiger partial charge in [0.1, 0.15) is 11.6 Å². The molecule has 1 amide bonds. The predicted octanol–water partition coefficient (Wildman–Crippen LogP) is 4.71. The van der Waals surface area contributed by atoms with E-state index in [9.17, 15) is 9.18 Å². The number of furan rings is 1. The van der Waals surface area contributed by atoms with E-state index < -0.39 is 0 Å². The SMILES string of the molecule is Cc1occc1-c1nnc(SCC(=O)Nc2ccccc2)n1-c1ccc(F)cc1. The Balaban J connectivity index is 1.61. The number of para-hydroxylation sites is 1. The van der Waals surface area contributed by atoms with Crippen molar-refractivity contribution in [2.24, 2.45) is 0 Å². The van der Waals surface area contributed by atoms with Gasteiger partial charge < -0.3 is 9.73 Å². The molecule has 6 nitrogen and oxygen atoms in total. The van der Waals surface area contributed by atoms with Gasteiger partial charge in [0.05, 0.1) is 17.6 Å². The van der Waals surface area contributed by atoms with Gasteiger partial charge in [0.2, 0.25) is 5.91 Å². The molecule has 0 fully saturated rings. The molecule has 29 heavy (non-hydrogen) atoms. The molecule has 2 heterocycles. The molecule has 0 radical (unpaired) electrons. The zero-order valence-corrected chi connectivity index (χ0v) is 16.3. The summed E-state index contributed by atoms with van der Waals surface area (Å²) in [5.74, 6) is 0.918. The topological polar surface area (TPSA) is 72.9 Å². The lowest BCUT2D eigenvalue weighted by molar-refractivity contribution is -0.113. The van der Waals surface area contributed by atoms with Crippen LogP contribution in [0.4, 0.5) is 10.1 Å². The van der Waals surface area contributed by atoms with Crippen LogP contribution in [0.5, 0.6) is 0 Å². The Labute approximate surface area is 170 Å². The molecule has 146 valence electrons. The number of hydrogen-bond donors (Lipinski definition) is 1. The Morgan fingerprint density at radius 2 is 1.86 bits per heavy atom. The molecule has 0 atom stereocenters. The maximum absolute atomic E-state index is 13.4. The number of rotatable bonds is 6. The summed E-state index contributed by atoms with van der Waals surface area (Å²) in [7, 11) is 0. The van der Waals surface area contributed by atoms with Crippen molar-refractivity contribution in [1.82, 2.24) is 14.8 Å². The molecule has 0 aliphatic rings. The average Bonchev–Trinajstić information content (AvgIpc) is 3.33.